The first-order valence-corrected chi connectivity index (χ1v) is 11.7. The van der Waals surface area contributed by atoms with Crippen LogP contribution in [0, 0.1) is 11.8 Å². The largest absolute Gasteiger partial charge is 0.323 e. The lowest BCUT2D eigenvalue weighted by Gasteiger charge is -2.36. The zero-order valence-electron chi connectivity index (χ0n) is 17.6. The average molecular weight is 458 g/mol. The summed E-state index contributed by atoms with van der Waals surface area (Å²) >= 11 is 6.44. The van der Waals surface area contributed by atoms with Crippen molar-refractivity contribution in [2.75, 3.05) is 16.8 Å². The molecule has 4 heterocycles. The lowest BCUT2D eigenvalue weighted by atomic mass is 9.75. The number of para-hydroxylation sites is 1. The van der Waals surface area contributed by atoms with Gasteiger partial charge in [-0.25, -0.2) is 4.90 Å². The van der Waals surface area contributed by atoms with Gasteiger partial charge in [-0.15, -0.1) is 0 Å². The minimum absolute atomic E-state index is 0.151. The summed E-state index contributed by atoms with van der Waals surface area (Å²) in [5.41, 5.74) is 0.638. The molecule has 1 spiro atoms. The van der Waals surface area contributed by atoms with Crippen molar-refractivity contribution < 1.29 is 14.4 Å². The van der Waals surface area contributed by atoms with E-state index in [-0.39, 0.29) is 23.8 Å². The summed E-state index contributed by atoms with van der Waals surface area (Å²) < 4.78 is 0. The van der Waals surface area contributed by atoms with Crippen molar-refractivity contribution >= 4 is 51.5 Å². The lowest BCUT2D eigenvalue weighted by Crippen LogP contribution is -2.54. The van der Waals surface area contributed by atoms with Crippen molar-refractivity contribution in [2.45, 2.75) is 24.4 Å². The third kappa shape index (κ3) is 2.16. The summed E-state index contributed by atoms with van der Waals surface area (Å²) in [7, 11) is 0. The van der Waals surface area contributed by atoms with E-state index < -0.39 is 17.4 Å². The van der Waals surface area contributed by atoms with Crippen LogP contribution in [0.15, 0.2) is 60.7 Å². The van der Waals surface area contributed by atoms with Gasteiger partial charge in [0.2, 0.25) is 11.8 Å². The molecular formula is C26H20ClN3O3. The Kier molecular flexibility index (Phi) is 3.75. The van der Waals surface area contributed by atoms with E-state index in [2.05, 4.69) is 10.2 Å². The molecule has 33 heavy (non-hydrogen) atoms. The van der Waals surface area contributed by atoms with E-state index in [1.54, 1.807) is 6.07 Å². The van der Waals surface area contributed by atoms with Gasteiger partial charge in [0, 0.05) is 17.0 Å². The van der Waals surface area contributed by atoms with Crippen LogP contribution in [0.25, 0.3) is 10.8 Å². The lowest BCUT2D eigenvalue weighted by molar-refractivity contribution is -0.135. The number of carbonyl (C=O) groups excluding carboxylic acids is 3. The van der Waals surface area contributed by atoms with Gasteiger partial charge in [0.25, 0.3) is 5.91 Å². The van der Waals surface area contributed by atoms with Crippen LogP contribution >= 0.6 is 11.6 Å². The molecule has 3 saturated heterocycles. The first-order valence-electron chi connectivity index (χ1n) is 11.3. The van der Waals surface area contributed by atoms with Crippen molar-refractivity contribution in [3.63, 3.8) is 0 Å². The van der Waals surface area contributed by atoms with E-state index in [9.17, 15) is 14.4 Å². The van der Waals surface area contributed by atoms with E-state index in [1.165, 1.54) is 4.90 Å². The number of amides is 3. The predicted molar refractivity (Wildman–Crippen MR) is 125 cm³/mol. The van der Waals surface area contributed by atoms with Gasteiger partial charge in [0.15, 0.2) is 0 Å². The molecule has 4 aliphatic rings. The Hall–Kier alpha value is -3.22. The monoisotopic (exact) mass is 457 g/mol. The summed E-state index contributed by atoms with van der Waals surface area (Å²) in [5, 5.41) is 5.20. The Morgan fingerprint density at radius 1 is 0.939 bits per heavy atom. The third-order valence-electron chi connectivity index (χ3n) is 7.98. The van der Waals surface area contributed by atoms with Crippen LogP contribution in [-0.2, 0) is 19.9 Å². The number of nitrogens with zero attached hydrogens (tertiary/aromatic N) is 2. The summed E-state index contributed by atoms with van der Waals surface area (Å²) in [6, 6.07) is 18.6. The maximum absolute atomic E-state index is 14.1. The van der Waals surface area contributed by atoms with Gasteiger partial charge in [0.1, 0.15) is 5.54 Å². The molecule has 0 radical (unpaired) electrons. The second-order valence-electron chi connectivity index (χ2n) is 9.30. The summed E-state index contributed by atoms with van der Waals surface area (Å²) in [5.74, 6) is -2.12. The quantitative estimate of drug-likeness (QED) is 0.562. The molecule has 4 atom stereocenters. The second kappa shape index (κ2) is 6.43. The van der Waals surface area contributed by atoms with Crippen LogP contribution < -0.4 is 10.2 Å². The maximum Gasteiger partial charge on any atom is 0.250 e. The Balaban J connectivity index is 1.46. The van der Waals surface area contributed by atoms with Gasteiger partial charge in [-0.05, 0) is 36.9 Å². The van der Waals surface area contributed by atoms with Crippen LogP contribution in [0.4, 0.5) is 11.4 Å². The highest BCUT2D eigenvalue weighted by atomic mass is 35.5. The molecule has 3 aromatic carbocycles. The Bertz CT molecular complexity index is 1400. The minimum Gasteiger partial charge on any atom is -0.323 e. The van der Waals surface area contributed by atoms with Crippen LogP contribution in [0.5, 0.6) is 0 Å². The first-order chi connectivity index (χ1) is 16.0. The number of halogens is 1. The van der Waals surface area contributed by atoms with Gasteiger partial charge in [-0.2, -0.15) is 0 Å². The third-order valence-corrected chi connectivity index (χ3v) is 8.30. The fourth-order valence-electron chi connectivity index (χ4n) is 6.84. The zero-order chi connectivity index (χ0) is 22.5. The zero-order valence-corrected chi connectivity index (χ0v) is 18.4. The minimum atomic E-state index is -1.21. The van der Waals surface area contributed by atoms with Crippen LogP contribution in [-0.4, -0.2) is 35.2 Å². The number of carbonyl (C=O) groups is 3. The smallest absolute Gasteiger partial charge is 0.250 e. The summed E-state index contributed by atoms with van der Waals surface area (Å²) in [6.07, 6.45) is 1.67. The topological polar surface area (TPSA) is 69.7 Å². The second-order valence-corrected chi connectivity index (χ2v) is 9.71. The maximum atomic E-state index is 14.1. The normalized spacial score (nSPS) is 30.3. The molecule has 0 saturated carbocycles. The number of fused-ring (bicyclic) bond motifs is 8. The number of hydrogen-bond donors (Lipinski definition) is 1. The van der Waals surface area contributed by atoms with Gasteiger partial charge < -0.3 is 5.32 Å². The van der Waals surface area contributed by atoms with E-state index >= 15 is 0 Å². The molecule has 7 rings (SSSR count). The van der Waals surface area contributed by atoms with Crippen molar-refractivity contribution in [3.05, 3.63) is 71.2 Å². The fourth-order valence-corrected chi connectivity index (χ4v) is 7.06. The molecule has 4 aliphatic heterocycles. The summed E-state index contributed by atoms with van der Waals surface area (Å²) in [6.45, 7) is 0.672. The molecule has 0 bridgehead atoms. The molecule has 6 nitrogen and oxygen atoms in total. The molecule has 3 aromatic rings. The van der Waals surface area contributed by atoms with Crippen molar-refractivity contribution in [1.29, 1.82) is 0 Å². The Labute approximate surface area is 195 Å². The first kappa shape index (κ1) is 19.3. The Morgan fingerprint density at radius 2 is 1.73 bits per heavy atom. The summed E-state index contributed by atoms with van der Waals surface area (Å²) in [4.78, 5) is 45.2. The predicted octanol–water partition coefficient (Wildman–Crippen LogP) is 3.92. The number of hydrogen-bond acceptors (Lipinski definition) is 4. The van der Waals surface area contributed by atoms with Gasteiger partial charge in [-0.1, -0.05) is 60.1 Å². The molecule has 0 aromatic heterocycles. The number of anilines is 2. The fraction of sp³-hybridized carbons (Fsp3) is 0.269. The van der Waals surface area contributed by atoms with Gasteiger partial charge in [0.05, 0.1) is 28.2 Å². The molecule has 0 unspecified atom stereocenters. The van der Waals surface area contributed by atoms with Crippen molar-refractivity contribution in [3.8, 4) is 0 Å². The van der Waals surface area contributed by atoms with Crippen molar-refractivity contribution in [2.24, 2.45) is 11.8 Å². The SMILES string of the molecule is O=C1[C@@H]2[C@H]3CCCN3[C@@]3(C(=O)Nc4c(Cl)cccc43)[C@@H]2C(=O)N1c1cccc2ccccc12. The van der Waals surface area contributed by atoms with Crippen LogP contribution in [0.3, 0.4) is 0 Å². The standard InChI is InChI=1S/C26H20ClN3O3/c27-17-10-4-9-16-22(17)28-25(33)26(16)21-20(19-12-5-13-29(19)26)23(31)30(24(21)32)18-11-3-7-14-6-1-2-8-15(14)18/h1-4,6-11,19-21H,5,12-13H2,(H,28,33)/t19-,20-,21+,26-/m1/s1. The molecule has 1 N–H and O–H groups in total. The van der Waals surface area contributed by atoms with E-state index in [0.717, 1.165) is 23.6 Å². The van der Waals surface area contributed by atoms with Gasteiger partial charge >= 0.3 is 0 Å². The highest BCUT2D eigenvalue weighted by Gasteiger charge is 2.74. The molecular weight excluding hydrogens is 438 g/mol. The van der Waals surface area contributed by atoms with Crippen LogP contribution in [0.2, 0.25) is 5.02 Å². The highest BCUT2D eigenvalue weighted by molar-refractivity contribution is 6.35. The number of imide groups is 1. The Morgan fingerprint density at radius 3 is 2.61 bits per heavy atom. The number of nitrogens with one attached hydrogen (secondary N) is 1. The number of benzene rings is 3. The molecule has 3 fully saturated rings. The van der Waals surface area contributed by atoms with E-state index in [0.29, 0.717) is 28.5 Å². The van der Waals surface area contributed by atoms with Crippen molar-refractivity contribution in [1.82, 2.24) is 4.90 Å². The van der Waals surface area contributed by atoms with Crippen LogP contribution in [0.1, 0.15) is 18.4 Å². The van der Waals surface area contributed by atoms with E-state index in [4.69, 9.17) is 11.6 Å². The van der Waals surface area contributed by atoms with E-state index in [1.807, 2.05) is 54.6 Å². The molecule has 3 amide bonds. The molecule has 164 valence electrons. The molecule has 0 aliphatic carbocycles. The number of rotatable bonds is 1. The molecule has 7 heteroatoms. The average Bonchev–Trinajstić information content (AvgIpc) is 3.53. The highest BCUT2D eigenvalue weighted by Crippen LogP contribution is 2.61. The van der Waals surface area contributed by atoms with Gasteiger partial charge in [-0.3, -0.25) is 19.3 Å².